The molecular weight excluding hydrogens is 444 g/mol. The topological polar surface area (TPSA) is 75.7 Å². The van der Waals surface area contributed by atoms with Crippen molar-refractivity contribution in [1.82, 2.24) is 4.90 Å². The first kappa shape index (κ1) is 22.7. The third kappa shape index (κ3) is 5.56. The number of thioether (sulfide) groups is 1. The lowest BCUT2D eigenvalue weighted by molar-refractivity contribution is -0.129. The monoisotopic (exact) mass is 466 g/mol. The minimum Gasteiger partial charge on any atom is -0.465 e. The Balaban J connectivity index is 1.60. The zero-order chi connectivity index (χ0) is 21.7. The van der Waals surface area contributed by atoms with Crippen molar-refractivity contribution in [1.29, 1.82) is 0 Å². The number of fused-ring (bicyclic) bond motifs is 1. The number of anilines is 1. The van der Waals surface area contributed by atoms with Crippen LogP contribution < -0.4 is 5.32 Å². The molecule has 9 heteroatoms. The predicted molar refractivity (Wildman–Crippen MR) is 120 cm³/mol. The Morgan fingerprint density at radius 1 is 1.27 bits per heavy atom. The molecule has 2 amide bonds. The Kier molecular flexibility index (Phi) is 7.80. The highest BCUT2D eigenvalue weighted by molar-refractivity contribution is 7.99. The van der Waals surface area contributed by atoms with E-state index in [2.05, 4.69) is 5.32 Å². The second-order valence-electron chi connectivity index (χ2n) is 6.84. The van der Waals surface area contributed by atoms with E-state index in [9.17, 15) is 14.4 Å². The van der Waals surface area contributed by atoms with Crippen molar-refractivity contribution < 1.29 is 19.1 Å². The first-order valence-corrected chi connectivity index (χ1v) is 11.7. The summed E-state index contributed by atoms with van der Waals surface area (Å²) >= 11 is 8.90. The summed E-state index contributed by atoms with van der Waals surface area (Å²) in [5.41, 5.74) is 1.29. The normalized spacial score (nSPS) is 13.0. The molecule has 1 aliphatic heterocycles. The maximum atomic E-state index is 12.5. The van der Waals surface area contributed by atoms with E-state index in [4.69, 9.17) is 16.3 Å². The smallest absolute Gasteiger partial charge is 0.341 e. The van der Waals surface area contributed by atoms with Crippen LogP contribution in [0.1, 0.15) is 40.6 Å². The summed E-state index contributed by atoms with van der Waals surface area (Å²) in [4.78, 5) is 40.3. The summed E-state index contributed by atoms with van der Waals surface area (Å²) in [6.45, 7) is 2.54. The van der Waals surface area contributed by atoms with Gasteiger partial charge in [0.1, 0.15) is 5.00 Å². The number of benzene rings is 1. The van der Waals surface area contributed by atoms with E-state index in [0.29, 0.717) is 47.9 Å². The number of ether oxygens (including phenoxy) is 1. The molecule has 3 rings (SSSR count). The first-order chi connectivity index (χ1) is 14.4. The molecule has 0 spiro atoms. The number of hydrogen-bond donors (Lipinski definition) is 1. The van der Waals surface area contributed by atoms with Crippen LogP contribution in [0.3, 0.4) is 0 Å². The van der Waals surface area contributed by atoms with Gasteiger partial charge in [-0.15, -0.1) is 23.1 Å². The third-order valence-electron chi connectivity index (χ3n) is 4.78. The van der Waals surface area contributed by atoms with Gasteiger partial charge >= 0.3 is 5.97 Å². The fourth-order valence-corrected chi connectivity index (χ4v) is 5.47. The van der Waals surface area contributed by atoms with Crippen LogP contribution in [-0.2, 0) is 27.3 Å². The van der Waals surface area contributed by atoms with Crippen molar-refractivity contribution in [3.8, 4) is 0 Å². The van der Waals surface area contributed by atoms with E-state index in [1.807, 2.05) is 24.3 Å². The van der Waals surface area contributed by atoms with Crippen molar-refractivity contribution >= 4 is 57.5 Å². The minimum atomic E-state index is -0.461. The molecule has 0 bridgehead atoms. The van der Waals surface area contributed by atoms with Gasteiger partial charge in [0.05, 0.1) is 19.2 Å². The number of thiophene rings is 1. The Bertz CT molecular complexity index is 943. The van der Waals surface area contributed by atoms with Gasteiger partial charge < -0.3 is 15.0 Å². The molecule has 1 aromatic heterocycles. The highest BCUT2D eigenvalue weighted by atomic mass is 35.5. The third-order valence-corrected chi connectivity index (χ3v) is 7.26. The SMILES string of the molecule is COC(=O)c1c(NC(=O)CCCSc2ccc(Cl)cc2)sc2c1CCN(C(C)=O)C2. The van der Waals surface area contributed by atoms with E-state index in [0.717, 1.165) is 21.1 Å². The van der Waals surface area contributed by atoms with Crippen LogP contribution in [0.2, 0.25) is 5.02 Å². The van der Waals surface area contributed by atoms with Crippen molar-refractivity contribution in [2.24, 2.45) is 0 Å². The van der Waals surface area contributed by atoms with Crippen molar-refractivity contribution in [2.45, 2.75) is 37.6 Å². The average Bonchev–Trinajstić information content (AvgIpc) is 3.08. The van der Waals surface area contributed by atoms with Crippen LogP contribution in [-0.4, -0.2) is 42.1 Å². The van der Waals surface area contributed by atoms with Crippen LogP contribution in [0.4, 0.5) is 5.00 Å². The molecule has 1 N–H and O–H groups in total. The van der Waals surface area contributed by atoms with E-state index in [1.165, 1.54) is 25.4 Å². The zero-order valence-corrected chi connectivity index (χ0v) is 19.2. The largest absolute Gasteiger partial charge is 0.465 e. The lowest BCUT2D eigenvalue weighted by atomic mass is 10.0. The Morgan fingerprint density at radius 3 is 2.67 bits per heavy atom. The molecule has 0 unspecified atom stereocenters. The summed E-state index contributed by atoms with van der Waals surface area (Å²) in [7, 11) is 1.33. The molecule has 0 fully saturated rings. The first-order valence-electron chi connectivity index (χ1n) is 9.55. The number of carbonyl (C=O) groups is 3. The summed E-state index contributed by atoms with van der Waals surface area (Å²) in [6.07, 6.45) is 1.63. The van der Waals surface area contributed by atoms with Gasteiger partial charge in [-0.25, -0.2) is 4.79 Å². The molecule has 1 aromatic carbocycles. The number of nitrogens with one attached hydrogen (secondary N) is 1. The number of nitrogens with zero attached hydrogens (tertiary/aromatic N) is 1. The van der Waals surface area contributed by atoms with Gasteiger partial charge in [-0.2, -0.15) is 0 Å². The van der Waals surface area contributed by atoms with E-state index in [-0.39, 0.29) is 11.8 Å². The van der Waals surface area contributed by atoms with Crippen LogP contribution in [0.15, 0.2) is 29.2 Å². The van der Waals surface area contributed by atoms with Crippen molar-refractivity contribution in [3.63, 3.8) is 0 Å². The highest BCUT2D eigenvalue weighted by Crippen LogP contribution is 2.37. The van der Waals surface area contributed by atoms with Gasteiger partial charge in [0, 0.05) is 34.7 Å². The average molecular weight is 467 g/mol. The van der Waals surface area contributed by atoms with Gasteiger partial charge in [0.2, 0.25) is 11.8 Å². The van der Waals surface area contributed by atoms with Crippen LogP contribution in [0.25, 0.3) is 0 Å². The zero-order valence-electron chi connectivity index (χ0n) is 16.8. The Labute approximate surface area is 188 Å². The molecule has 0 aliphatic carbocycles. The van der Waals surface area contributed by atoms with Gasteiger partial charge in [-0.3, -0.25) is 9.59 Å². The molecule has 0 radical (unpaired) electrons. The second-order valence-corrected chi connectivity index (χ2v) is 9.55. The molecule has 30 heavy (non-hydrogen) atoms. The lowest BCUT2D eigenvalue weighted by Crippen LogP contribution is -2.33. The van der Waals surface area contributed by atoms with Crippen LogP contribution in [0, 0.1) is 0 Å². The molecule has 1 aliphatic rings. The second kappa shape index (κ2) is 10.3. The molecular formula is C21H23ClN2O4S2. The van der Waals surface area contributed by atoms with E-state index in [1.54, 1.807) is 16.7 Å². The van der Waals surface area contributed by atoms with Gasteiger partial charge in [-0.05, 0) is 48.4 Å². The summed E-state index contributed by atoms with van der Waals surface area (Å²) in [5, 5.41) is 4.09. The number of methoxy groups -OCH3 is 1. The van der Waals surface area contributed by atoms with Crippen molar-refractivity contribution in [3.05, 3.63) is 45.3 Å². The summed E-state index contributed by atoms with van der Waals surface area (Å²) in [5.74, 6) is 0.196. The maximum absolute atomic E-state index is 12.5. The molecule has 0 atom stereocenters. The number of rotatable bonds is 7. The Hall–Kier alpha value is -2.03. The lowest BCUT2D eigenvalue weighted by Gasteiger charge is -2.25. The maximum Gasteiger partial charge on any atom is 0.341 e. The summed E-state index contributed by atoms with van der Waals surface area (Å²) < 4.78 is 4.94. The Morgan fingerprint density at radius 2 is 2.00 bits per heavy atom. The van der Waals surface area contributed by atoms with E-state index >= 15 is 0 Å². The van der Waals surface area contributed by atoms with E-state index < -0.39 is 5.97 Å². The van der Waals surface area contributed by atoms with Crippen molar-refractivity contribution in [2.75, 3.05) is 24.7 Å². The predicted octanol–water partition coefficient (Wildman–Crippen LogP) is 4.60. The molecule has 160 valence electrons. The number of carbonyl (C=O) groups excluding carboxylic acids is 3. The van der Waals surface area contributed by atoms with Crippen LogP contribution >= 0.6 is 34.7 Å². The molecule has 0 saturated carbocycles. The van der Waals surface area contributed by atoms with Gasteiger partial charge in [0.15, 0.2) is 0 Å². The van der Waals surface area contributed by atoms with Gasteiger partial charge in [-0.1, -0.05) is 11.6 Å². The molecule has 2 aromatic rings. The number of halogens is 1. The molecule has 6 nitrogen and oxygen atoms in total. The minimum absolute atomic E-state index is 0.00237. The summed E-state index contributed by atoms with van der Waals surface area (Å²) in [6, 6.07) is 7.60. The van der Waals surface area contributed by atoms with Crippen LogP contribution in [0.5, 0.6) is 0 Å². The standard InChI is InChI=1S/C21H23ClN2O4S2/c1-13(25)24-10-9-16-17(12-24)30-20(19(16)21(27)28-2)23-18(26)4-3-11-29-15-7-5-14(22)6-8-15/h5-8H,3-4,9-12H2,1-2H3,(H,23,26). The number of hydrogen-bond acceptors (Lipinski definition) is 6. The molecule has 2 heterocycles. The fourth-order valence-electron chi connectivity index (χ4n) is 3.22. The quantitative estimate of drug-likeness (QED) is 0.366. The van der Waals surface area contributed by atoms with Gasteiger partial charge in [0.25, 0.3) is 0 Å². The number of amides is 2. The highest BCUT2D eigenvalue weighted by Gasteiger charge is 2.29. The number of esters is 1. The molecule has 0 saturated heterocycles. The fraction of sp³-hybridized carbons (Fsp3) is 0.381.